The topological polar surface area (TPSA) is 58.5 Å². The minimum atomic E-state index is 0.840. The molecule has 0 atom stereocenters. The van der Waals surface area contributed by atoms with Gasteiger partial charge in [-0.15, -0.1) is 0 Å². The Morgan fingerprint density at radius 2 is 1.88 bits per heavy atom. The van der Waals surface area contributed by atoms with Crippen molar-refractivity contribution in [3.8, 4) is 0 Å². The maximum atomic E-state index is 5.73. The lowest BCUT2D eigenvalue weighted by Crippen LogP contribution is -2.49. The highest BCUT2D eigenvalue weighted by atomic mass is 16.5. The summed E-state index contributed by atoms with van der Waals surface area (Å²) in [5, 5.41) is 7.04. The average Bonchev–Trinajstić information content (AvgIpc) is 2.74. The van der Waals surface area contributed by atoms with Gasteiger partial charge in [0.15, 0.2) is 11.4 Å². The van der Waals surface area contributed by atoms with Crippen molar-refractivity contribution in [3.05, 3.63) is 24.3 Å². The minimum absolute atomic E-state index is 0.840. The molecule has 0 aliphatic carbocycles. The predicted octanol–water partition coefficient (Wildman–Crippen LogP) is 0.823. The van der Waals surface area contributed by atoms with E-state index in [-0.39, 0.29) is 0 Å². The maximum absolute atomic E-state index is 5.73. The predicted molar refractivity (Wildman–Crippen MR) is 62.0 cm³/mol. The molecular formula is C11H14N4O. The molecule has 5 heteroatoms. The van der Waals surface area contributed by atoms with Crippen LogP contribution >= 0.6 is 0 Å². The molecule has 0 saturated carbocycles. The maximum Gasteiger partial charge on any atom is 0.180 e. The van der Waals surface area contributed by atoms with Crippen LogP contribution in [0.3, 0.4) is 0 Å². The highest BCUT2D eigenvalue weighted by Gasteiger charge is 2.19. The number of nitrogens with two attached hydrogens (primary N) is 1. The zero-order chi connectivity index (χ0) is 11.0. The SMILES string of the molecule is NN1CCN(c2noc3ccccc23)CC1. The molecule has 1 aliphatic rings. The van der Waals surface area contributed by atoms with Crippen LogP contribution in [-0.2, 0) is 0 Å². The molecular weight excluding hydrogens is 204 g/mol. The summed E-state index contributed by atoms with van der Waals surface area (Å²) in [6.45, 7) is 3.52. The van der Waals surface area contributed by atoms with Gasteiger partial charge in [-0.2, -0.15) is 0 Å². The molecule has 16 heavy (non-hydrogen) atoms. The third-order valence-electron chi connectivity index (χ3n) is 2.97. The average molecular weight is 218 g/mol. The zero-order valence-electron chi connectivity index (χ0n) is 8.97. The summed E-state index contributed by atoms with van der Waals surface area (Å²) in [5.41, 5.74) is 0.840. The van der Waals surface area contributed by atoms with Gasteiger partial charge in [0.1, 0.15) is 0 Å². The highest BCUT2D eigenvalue weighted by Crippen LogP contribution is 2.26. The van der Waals surface area contributed by atoms with Crippen LogP contribution in [0.25, 0.3) is 11.0 Å². The van der Waals surface area contributed by atoms with Gasteiger partial charge in [0.25, 0.3) is 0 Å². The molecule has 0 radical (unpaired) electrons. The van der Waals surface area contributed by atoms with Crippen molar-refractivity contribution < 1.29 is 4.52 Å². The van der Waals surface area contributed by atoms with Gasteiger partial charge < -0.3 is 9.42 Å². The molecule has 2 aromatic rings. The van der Waals surface area contributed by atoms with Crippen molar-refractivity contribution in [3.63, 3.8) is 0 Å². The fraction of sp³-hybridized carbons (Fsp3) is 0.364. The Morgan fingerprint density at radius 1 is 1.12 bits per heavy atom. The summed E-state index contributed by atoms with van der Waals surface area (Å²) in [6.07, 6.45) is 0. The fourth-order valence-corrected chi connectivity index (χ4v) is 2.03. The zero-order valence-corrected chi connectivity index (χ0v) is 8.97. The molecule has 5 nitrogen and oxygen atoms in total. The van der Waals surface area contributed by atoms with Gasteiger partial charge >= 0.3 is 0 Å². The van der Waals surface area contributed by atoms with E-state index in [4.69, 9.17) is 10.4 Å². The van der Waals surface area contributed by atoms with Gasteiger partial charge in [-0.05, 0) is 12.1 Å². The van der Waals surface area contributed by atoms with E-state index in [9.17, 15) is 0 Å². The Hall–Kier alpha value is -1.59. The first kappa shape index (κ1) is 9.62. The number of hydrogen-bond acceptors (Lipinski definition) is 5. The van der Waals surface area contributed by atoms with Gasteiger partial charge in [-0.1, -0.05) is 17.3 Å². The number of benzene rings is 1. The molecule has 0 bridgehead atoms. The molecule has 1 aromatic carbocycles. The minimum Gasteiger partial charge on any atom is -0.354 e. The molecule has 2 heterocycles. The summed E-state index contributed by atoms with van der Waals surface area (Å²) in [7, 11) is 0. The lowest BCUT2D eigenvalue weighted by molar-refractivity contribution is 0.264. The Bertz CT molecular complexity index is 487. The van der Waals surface area contributed by atoms with E-state index in [0.717, 1.165) is 43.0 Å². The Labute approximate surface area is 93.4 Å². The van der Waals surface area contributed by atoms with Crippen molar-refractivity contribution in [2.45, 2.75) is 0 Å². The van der Waals surface area contributed by atoms with Crippen molar-refractivity contribution in [1.29, 1.82) is 0 Å². The van der Waals surface area contributed by atoms with Crippen LogP contribution in [-0.4, -0.2) is 36.3 Å². The molecule has 1 saturated heterocycles. The number of hydrazine groups is 1. The van der Waals surface area contributed by atoms with Gasteiger partial charge in [0.2, 0.25) is 0 Å². The second kappa shape index (κ2) is 3.77. The third-order valence-corrected chi connectivity index (χ3v) is 2.97. The van der Waals surface area contributed by atoms with E-state index >= 15 is 0 Å². The second-order valence-electron chi connectivity index (χ2n) is 4.03. The molecule has 0 spiro atoms. The lowest BCUT2D eigenvalue weighted by Gasteiger charge is -2.31. The Balaban J connectivity index is 1.94. The van der Waals surface area contributed by atoms with Crippen LogP contribution in [0, 0.1) is 0 Å². The summed E-state index contributed by atoms with van der Waals surface area (Å²) in [6, 6.07) is 7.93. The quantitative estimate of drug-likeness (QED) is 0.718. The Kier molecular flexibility index (Phi) is 2.27. The molecule has 1 aromatic heterocycles. The number of piperazine rings is 1. The van der Waals surface area contributed by atoms with Crippen LogP contribution in [0.15, 0.2) is 28.8 Å². The number of para-hydroxylation sites is 1. The first-order valence-electron chi connectivity index (χ1n) is 5.43. The summed E-state index contributed by atoms with van der Waals surface area (Å²) in [4.78, 5) is 2.22. The second-order valence-corrected chi connectivity index (χ2v) is 4.03. The molecule has 3 rings (SSSR count). The number of rotatable bonds is 1. The van der Waals surface area contributed by atoms with Crippen LogP contribution in [0.2, 0.25) is 0 Å². The standard InChI is InChI=1S/C11H14N4O/c12-15-7-5-14(6-8-15)11-9-3-1-2-4-10(9)16-13-11/h1-4H,5-8,12H2. The van der Waals surface area contributed by atoms with Crippen LogP contribution in [0.1, 0.15) is 0 Å². The monoisotopic (exact) mass is 218 g/mol. The van der Waals surface area contributed by atoms with E-state index in [2.05, 4.69) is 10.1 Å². The first-order valence-corrected chi connectivity index (χ1v) is 5.43. The number of hydrogen-bond donors (Lipinski definition) is 1. The van der Waals surface area contributed by atoms with E-state index < -0.39 is 0 Å². The normalized spacial score (nSPS) is 18.2. The number of anilines is 1. The molecule has 1 fully saturated rings. The van der Waals surface area contributed by atoms with Gasteiger partial charge in [0.05, 0.1) is 5.39 Å². The van der Waals surface area contributed by atoms with E-state index in [1.165, 1.54) is 0 Å². The lowest BCUT2D eigenvalue weighted by atomic mass is 10.2. The molecule has 84 valence electrons. The molecule has 2 N–H and O–H groups in total. The Morgan fingerprint density at radius 3 is 2.69 bits per heavy atom. The van der Waals surface area contributed by atoms with Crippen molar-refractivity contribution in [2.24, 2.45) is 5.84 Å². The van der Waals surface area contributed by atoms with Crippen molar-refractivity contribution >= 4 is 16.8 Å². The third kappa shape index (κ3) is 1.54. The fourth-order valence-electron chi connectivity index (χ4n) is 2.03. The summed E-state index contributed by atoms with van der Waals surface area (Å²) in [5.74, 6) is 6.66. The van der Waals surface area contributed by atoms with Crippen molar-refractivity contribution in [2.75, 3.05) is 31.1 Å². The van der Waals surface area contributed by atoms with Crippen LogP contribution in [0.4, 0.5) is 5.82 Å². The molecule has 1 aliphatic heterocycles. The smallest absolute Gasteiger partial charge is 0.180 e. The summed E-state index contributed by atoms with van der Waals surface area (Å²) < 4.78 is 5.29. The van der Waals surface area contributed by atoms with Crippen molar-refractivity contribution in [1.82, 2.24) is 10.2 Å². The highest BCUT2D eigenvalue weighted by molar-refractivity contribution is 5.88. The van der Waals surface area contributed by atoms with E-state index in [1.54, 1.807) is 0 Å². The first-order chi connectivity index (χ1) is 7.84. The van der Waals surface area contributed by atoms with Gasteiger partial charge in [-0.3, -0.25) is 5.84 Å². The summed E-state index contributed by atoms with van der Waals surface area (Å²) >= 11 is 0. The molecule has 0 amide bonds. The number of fused-ring (bicyclic) bond motifs is 1. The van der Waals surface area contributed by atoms with Gasteiger partial charge in [0, 0.05) is 26.2 Å². The van der Waals surface area contributed by atoms with Crippen LogP contribution < -0.4 is 10.7 Å². The van der Waals surface area contributed by atoms with Gasteiger partial charge in [-0.25, -0.2) is 5.01 Å². The largest absolute Gasteiger partial charge is 0.354 e. The van der Waals surface area contributed by atoms with E-state index in [0.29, 0.717) is 0 Å². The van der Waals surface area contributed by atoms with E-state index in [1.807, 2.05) is 29.3 Å². The number of aromatic nitrogens is 1. The van der Waals surface area contributed by atoms with Crippen LogP contribution in [0.5, 0.6) is 0 Å². The molecule has 0 unspecified atom stereocenters. The number of nitrogens with zero attached hydrogens (tertiary/aromatic N) is 3.